The number of nitrogens with zero attached hydrogens (tertiary/aromatic N) is 1. The number of rotatable bonds is 7. The number of nitrogens with two attached hydrogens (primary N) is 1. The lowest BCUT2D eigenvalue weighted by Gasteiger charge is -2.33. The minimum absolute atomic E-state index is 0.225. The monoisotopic (exact) mass is 270 g/mol. The van der Waals surface area contributed by atoms with Crippen molar-refractivity contribution in [3.8, 4) is 0 Å². The molecule has 1 heterocycles. The van der Waals surface area contributed by atoms with Gasteiger partial charge in [-0.2, -0.15) is 0 Å². The minimum Gasteiger partial charge on any atom is -0.375 e. The van der Waals surface area contributed by atoms with Crippen LogP contribution >= 0.6 is 0 Å². The van der Waals surface area contributed by atoms with Gasteiger partial charge in [-0.25, -0.2) is 0 Å². The summed E-state index contributed by atoms with van der Waals surface area (Å²) in [5, 5.41) is 0. The molecule has 0 saturated carbocycles. The maximum atomic E-state index is 12.2. The van der Waals surface area contributed by atoms with E-state index in [4.69, 9.17) is 10.5 Å². The van der Waals surface area contributed by atoms with Crippen LogP contribution in [0.15, 0.2) is 0 Å². The molecule has 0 radical (unpaired) electrons. The van der Waals surface area contributed by atoms with Crippen LogP contribution in [0, 0.1) is 11.8 Å². The number of carbonyl (C=O) groups is 1. The third-order valence-corrected chi connectivity index (χ3v) is 4.16. The Kier molecular flexibility index (Phi) is 7.39. The van der Waals surface area contributed by atoms with Crippen LogP contribution in [0.2, 0.25) is 0 Å². The van der Waals surface area contributed by atoms with Crippen LogP contribution in [-0.4, -0.2) is 43.2 Å². The zero-order valence-corrected chi connectivity index (χ0v) is 12.7. The molecule has 2 atom stereocenters. The fourth-order valence-electron chi connectivity index (χ4n) is 2.68. The molecular formula is C15H30N2O2. The zero-order chi connectivity index (χ0) is 14.3. The Bertz CT molecular complexity index is 269. The summed E-state index contributed by atoms with van der Waals surface area (Å²) in [5.74, 6) is 1.45. The molecule has 4 nitrogen and oxygen atoms in total. The van der Waals surface area contributed by atoms with E-state index in [0.29, 0.717) is 31.4 Å². The van der Waals surface area contributed by atoms with Crippen LogP contribution in [-0.2, 0) is 9.53 Å². The Morgan fingerprint density at radius 3 is 2.74 bits per heavy atom. The maximum absolute atomic E-state index is 12.2. The molecule has 2 unspecified atom stereocenters. The number of amides is 1. The van der Waals surface area contributed by atoms with Gasteiger partial charge in [-0.05, 0) is 37.6 Å². The van der Waals surface area contributed by atoms with Gasteiger partial charge in [0, 0.05) is 19.5 Å². The van der Waals surface area contributed by atoms with Gasteiger partial charge < -0.3 is 15.4 Å². The van der Waals surface area contributed by atoms with E-state index in [0.717, 1.165) is 32.4 Å². The molecule has 1 aliphatic rings. The second-order valence-electron chi connectivity index (χ2n) is 5.86. The van der Waals surface area contributed by atoms with Crippen molar-refractivity contribution in [3.05, 3.63) is 0 Å². The van der Waals surface area contributed by atoms with Crippen LogP contribution < -0.4 is 5.73 Å². The average Bonchev–Trinajstić information content (AvgIpc) is 2.42. The first kappa shape index (κ1) is 16.4. The molecule has 1 fully saturated rings. The van der Waals surface area contributed by atoms with E-state index in [1.54, 1.807) is 0 Å². The van der Waals surface area contributed by atoms with Crippen molar-refractivity contribution in [3.63, 3.8) is 0 Å². The van der Waals surface area contributed by atoms with Crippen LogP contribution in [0.3, 0.4) is 0 Å². The predicted molar refractivity (Wildman–Crippen MR) is 77.8 cm³/mol. The predicted octanol–water partition coefficient (Wildman–Crippen LogP) is 2.02. The molecule has 1 rings (SSSR count). The standard InChI is InChI=1S/C15H30N2O2/c1-4-14-11-17(9-10-19-14)15(18)6-5-13(7-8-16)12(2)3/h12-14H,4-11,16H2,1-3H3. The van der Waals surface area contributed by atoms with Gasteiger partial charge in [0.15, 0.2) is 0 Å². The lowest BCUT2D eigenvalue weighted by atomic mass is 9.88. The van der Waals surface area contributed by atoms with Crippen molar-refractivity contribution < 1.29 is 9.53 Å². The van der Waals surface area contributed by atoms with E-state index < -0.39 is 0 Å². The van der Waals surface area contributed by atoms with Gasteiger partial charge in [0.1, 0.15) is 0 Å². The number of morpholine rings is 1. The van der Waals surface area contributed by atoms with E-state index in [2.05, 4.69) is 20.8 Å². The van der Waals surface area contributed by atoms with Crippen LogP contribution in [0.4, 0.5) is 0 Å². The zero-order valence-electron chi connectivity index (χ0n) is 12.7. The Morgan fingerprint density at radius 2 is 2.16 bits per heavy atom. The lowest BCUT2D eigenvalue weighted by molar-refractivity contribution is -0.139. The fraction of sp³-hybridized carbons (Fsp3) is 0.933. The lowest BCUT2D eigenvalue weighted by Crippen LogP contribution is -2.45. The highest BCUT2D eigenvalue weighted by Gasteiger charge is 2.23. The molecule has 112 valence electrons. The molecule has 0 aromatic heterocycles. The summed E-state index contributed by atoms with van der Waals surface area (Å²) < 4.78 is 5.60. The number of ether oxygens (including phenoxy) is 1. The molecule has 0 aromatic rings. The third kappa shape index (κ3) is 5.49. The summed E-state index contributed by atoms with van der Waals surface area (Å²) in [6, 6.07) is 0. The molecule has 0 aliphatic carbocycles. The highest BCUT2D eigenvalue weighted by Crippen LogP contribution is 2.21. The number of carbonyl (C=O) groups excluding carboxylic acids is 1. The highest BCUT2D eigenvalue weighted by molar-refractivity contribution is 5.76. The molecule has 1 amide bonds. The Hall–Kier alpha value is -0.610. The van der Waals surface area contributed by atoms with Gasteiger partial charge in [-0.15, -0.1) is 0 Å². The van der Waals surface area contributed by atoms with Gasteiger partial charge in [-0.1, -0.05) is 20.8 Å². The molecule has 2 N–H and O–H groups in total. The molecule has 4 heteroatoms. The van der Waals surface area contributed by atoms with E-state index >= 15 is 0 Å². The largest absolute Gasteiger partial charge is 0.375 e. The van der Waals surface area contributed by atoms with Gasteiger partial charge in [0.2, 0.25) is 5.91 Å². The smallest absolute Gasteiger partial charge is 0.222 e. The highest BCUT2D eigenvalue weighted by atomic mass is 16.5. The van der Waals surface area contributed by atoms with Crippen molar-refractivity contribution >= 4 is 5.91 Å². The van der Waals surface area contributed by atoms with Gasteiger partial charge in [-0.3, -0.25) is 4.79 Å². The first-order valence-corrected chi connectivity index (χ1v) is 7.67. The van der Waals surface area contributed by atoms with Crippen LogP contribution in [0.25, 0.3) is 0 Å². The van der Waals surface area contributed by atoms with E-state index in [1.807, 2.05) is 4.90 Å². The summed E-state index contributed by atoms with van der Waals surface area (Å²) in [5.41, 5.74) is 5.64. The number of hydrogen-bond acceptors (Lipinski definition) is 3. The first-order chi connectivity index (χ1) is 9.08. The SMILES string of the molecule is CCC1CN(C(=O)CCC(CCN)C(C)C)CCO1. The molecule has 1 aliphatic heterocycles. The van der Waals surface area contributed by atoms with Gasteiger partial charge in [0.25, 0.3) is 0 Å². The molecule has 0 bridgehead atoms. The third-order valence-electron chi connectivity index (χ3n) is 4.16. The van der Waals surface area contributed by atoms with E-state index in [-0.39, 0.29) is 12.0 Å². The van der Waals surface area contributed by atoms with Crippen molar-refractivity contribution in [2.45, 2.75) is 52.6 Å². The molecule has 0 spiro atoms. The normalized spacial score (nSPS) is 21.7. The molecular weight excluding hydrogens is 240 g/mol. The minimum atomic E-state index is 0.225. The summed E-state index contributed by atoms with van der Waals surface area (Å²) in [6.07, 6.45) is 3.83. The second-order valence-corrected chi connectivity index (χ2v) is 5.86. The topological polar surface area (TPSA) is 55.6 Å². The Morgan fingerprint density at radius 1 is 1.42 bits per heavy atom. The first-order valence-electron chi connectivity index (χ1n) is 7.67. The summed E-state index contributed by atoms with van der Waals surface area (Å²) in [4.78, 5) is 14.2. The van der Waals surface area contributed by atoms with Crippen molar-refractivity contribution in [1.29, 1.82) is 0 Å². The summed E-state index contributed by atoms with van der Waals surface area (Å²) in [7, 11) is 0. The van der Waals surface area contributed by atoms with E-state index in [9.17, 15) is 4.79 Å². The van der Waals surface area contributed by atoms with Crippen LogP contribution in [0.5, 0.6) is 0 Å². The number of hydrogen-bond donors (Lipinski definition) is 1. The summed E-state index contributed by atoms with van der Waals surface area (Å²) >= 11 is 0. The second kappa shape index (κ2) is 8.54. The molecule has 19 heavy (non-hydrogen) atoms. The molecule has 1 saturated heterocycles. The van der Waals surface area contributed by atoms with Gasteiger partial charge in [0.05, 0.1) is 12.7 Å². The average molecular weight is 270 g/mol. The van der Waals surface area contributed by atoms with E-state index in [1.165, 1.54) is 0 Å². The Labute approximate surface area is 117 Å². The van der Waals surface area contributed by atoms with Crippen molar-refractivity contribution in [2.24, 2.45) is 17.6 Å². The van der Waals surface area contributed by atoms with Crippen LogP contribution in [0.1, 0.15) is 46.5 Å². The van der Waals surface area contributed by atoms with Crippen molar-refractivity contribution in [2.75, 3.05) is 26.2 Å². The summed E-state index contributed by atoms with van der Waals surface area (Å²) in [6.45, 7) is 9.44. The van der Waals surface area contributed by atoms with Gasteiger partial charge >= 0.3 is 0 Å². The van der Waals surface area contributed by atoms with Crippen molar-refractivity contribution in [1.82, 2.24) is 4.90 Å². The molecule has 0 aromatic carbocycles. The Balaban J connectivity index is 2.37. The quantitative estimate of drug-likeness (QED) is 0.770. The fourth-order valence-corrected chi connectivity index (χ4v) is 2.68. The maximum Gasteiger partial charge on any atom is 0.222 e.